The average molecular weight is 803 g/mol. The van der Waals surface area contributed by atoms with Crippen LogP contribution in [-0.4, -0.2) is 19.5 Å². The van der Waals surface area contributed by atoms with Crippen molar-refractivity contribution in [1.82, 2.24) is 19.5 Å². The summed E-state index contributed by atoms with van der Waals surface area (Å²) < 4.78 is 2.40. The zero-order chi connectivity index (χ0) is 41.7. The molecule has 0 aliphatic heterocycles. The van der Waals surface area contributed by atoms with E-state index in [0.29, 0.717) is 5.82 Å². The molecule has 0 N–H and O–H groups in total. The average Bonchev–Trinajstić information content (AvgIpc) is 3.69. The van der Waals surface area contributed by atoms with E-state index >= 15 is 0 Å². The Hall–Kier alpha value is -8.47. The lowest BCUT2D eigenvalue weighted by Gasteiger charge is -2.12. The molecule has 0 aliphatic rings. The number of rotatable bonds is 7. The van der Waals surface area contributed by atoms with Crippen LogP contribution in [0, 0.1) is 0 Å². The lowest BCUT2D eigenvalue weighted by molar-refractivity contribution is 1.18. The van der Waals surface area contributed by atoms with Crippen LogP contribution in [0.2, 0.25) is 0 Å². The van der Waals surface area contributed by atoms with Crippen LogP contribution >= 0.6 is 0 Å². The molecule has 0 saturated heterocycles. The van der Waals surface area contributed by atoms with Gasteiger partial charge in [-0.1, -0.05) is 176 Å². The van der Waals surface area contributed by atoms with Crippen LogP contribution in [-0.2, 0) is 0 Å². The molecule has 0 amide bonds. The third-order valence-corrected chi connectivity index (χ3v) is 12.2. The predicted molar refractivity (Wildman–Crippen MR) is 262 cm³/mol. The smallest absolute Gasteiger partial charge is 0.160 e. The maximum atomic E-state index is 5.25. The highest BCUT2D eigenvalue weighted by atomic mass is 15.0. The number of fused-ring (bicyclic) bond motifs is 6. The first-order chi connectivity index (χ1) is 31.2. The molecule has 0 saturated carbocycles. The molecule has 0 atom stereocenters. The normalized spacial score (nSPS) is 11.5. The number of aromatic nitrogens is 4. The van der Waals surface area contributed by atoms with Gasteiger partial charge in [-0.2, -0.15) is 0 Å². The van der Waals surface area contributed by atoms with Gasteiger partial charge in [0.1, 0.15) is 0 Å². The maximum absolute atomic E-state index is 5.25. The summed E-state index contributed by atoms with van der Waals surface area (Å²) in [6.45, 7) is 0. The van der Waals surface area contributed by atoms with E-state index in [-0.39, 0.29) is 0 Å². The molecule has 12 aromatic rings. The Balaban J connectivity index is 0.963. The second-order valence-electron chi connectivity index (χ2n) is 16.0. The van der Waals surface area contributed by atoms with Gasteiger partial charge in [0.15, 0.2) is 5.82 Å². The van der Waals surface area contributed by atoms with Crippen molar-refractivity contribution in [2.45, 2.75) is 0 Å². The topological polar surface area (TPSA) is 43.6 Å². The summed E-state index contributed by atoms with van der Waals surface area (Å²) in [6, 6.07) is 81.6. The Morgan fingerprint density at radius 1 is 0.270 bits per heavy atom. The van der Waals surface area contributed by atoms with Crippen LogP contribution in [0.4, 0.5) is 0 Å². The summed E-state index contributed by atoms with van der Waals surface area (Å²) in [6.07, 6.45) is 0. The van der Waals surface area contributed by atoms with Gasteiger partial charge in [-0.25, -0.2) is 15.0 Å². The summed E-state index contributed by atoms with van der Waals surface area (Å²) in [5.74, 6) is 0.699. The van der Waals surface area contributed by atoms with Crippen molar-refractivity contribution in [1.29, 1.82) is 0 Å². The van der Waals surface area contributed by atoms with Crippen molar-refractivity contribution in [2.24, 2.45) is 0 Å². The fourth-order valence-electron chi connectivity index (χ4n) is 9.10. The first-order valence-corrected chi connectivity index (χ1v) is 21.3. The monoisotopic (exact) mass is 802 g/mol. The standard InChI is InChI=1S/C59H38N4/c1-5-16-41(17-6-1)54-38-55(42-18-7-2-8-19-42)62-59(61-54)46-23-15-22-44(34-46)39-28-30-40(31-29-39)45-32-33-56-50(35-45)51-36-49-48-26-13-14-27-53(48)60-58(43-20-9-3-10-21-43)52(49)37-57(51)63(56)47-24-11-4-12-25-47/h1-38H. The minimum atomic E-state index is 0.699. The number of pyridine rings is 1. The van der Waals surface area contributed by atoms with Crippen LogP contribution < -0.4 is 0 Å². The van der Waals surface area contributed by atoms with Crippen molar-refractivity contribution >= 4 is 43.5 Å². The van der Waals surface area contributed by atoms with E-state index in [2.05, 4.69) is 199 Å². The molecule has 0 radical (unpaired) electrons. The van der Waals surface area contributed by atoms with Crippen LogP contribution in [0.5, 0.6) is 0 Å². The summed E-state index contributed by atoms with van der Waals surface area (Å²) in [7, 11) is 0. The van der Waals surface area contributed by atoms with Gasteiger partial charge in [-0.3, -0.25) is 0 Å². The molecule has 12 rings (SSSR count). The molecular formula is C59H38N4. The van der Waals surface area contributed by atoms with E-state index in [9.17, 15) is 0 Å². The second-order valence-corrected chi connectivity index (χ2v) is 16.0. The highest BCUT2D eigenvalue weighted by Gasteiger charge is 2.19. The molecule has 0 aliphatic carbocycles. The number of benzene rings is 9. The van der Waals surface area contributed by atoms with Crippen molar-refractivity contribution < 1.29 is 0 Å². The summed E-state index contributed by atoms with van der Waals surface area (Å²) in [4.78, 5) is 15.4. The third-order valence-electron chi connectivity index (χ3n) is 12.2. The van der Waals surface area contributed by atoms with Crippen molar-refractivity contribution in [2.75, 3.05) is 0 Å². The first-order valence-electron chi connectivity index (χ1n) is 21.3. The van der Waals surface area contributed by atoms with E-state index in [0.717, 1.165) is 89.0 Å². The number of hydrogen-bond acceptors (Lipinski definition) is 3. The van der Waals surface area contributed by atoms with E-state index in [4.69, 9.17) is 15.0 Å². The van der Waals surface area contributed by atoms with Crippen molar-refractivity contribution in [3.05, 3.63) is 231 Å². The Kier molecular flexibility index (Phi) is 8.79. The molecule has 63 heavy (non-hydrogen) atoms. The molecule has 0 spiro atoms. The largest absolute Gasteiger partial charge is 0.309 e. The SMILES string of the molecule is c1ccc(-c2cc(-c3ccccc3)nc(-c3cccc(-c4ccc(-c5ccc6c(c5)c5cc7c(cc5n6-c5ccccc5)c(-c5ccccc5)nc5ccccc57)cc4)c3)n2)cc1. The summed E-state index contributed by atoms with van der Waals surface area (Å²) in [5.41, 5.74) is 16.0. The van der Waals surface area contributed by atoms with Crippen LogP contribution in [0.3, 0.4) is 0 Å². The molecular weight excluding hydrogens is 765 g/mol. The van der Waals surface area contributed by atoms with E-state index < -0.39 is 0 Å². The Labute approximate surface area is 365 Å². The molecule has 4 heteroatoms. The third kappa shape index (κ3) is 6.53. The van der Waals surface area contributed by atoms with Crippen LogP contribution in [0.1, 0.15) is 0 Å². The number of hydrogen-bond donors (Lipinski definition) is 0. The fraction of sp³-hybridized carbons (Fsp3) is 0. The van der Waals surface area contributed by atoms with Gasteiger partial charge in [0.25, 0.3) is 0 Å². The lowest BCUT2D eigenvalue weighted by Crippen LogP contribution is -1.96. The fourth-order valence-corrected chi connectivity index (χ4v) is 9.10. The zero-order valence-corrected chi connectivity index (χ0v) is 34.2. The summed E-state index contributed by atoms with van der Waals surface area (Å²) in [5, 5.41) is 5.90. The number of para-hydroxylation sites is 2. The first kappa shape index (κ1) is 36.4. The maximum Gasteiger partial charge on any atom is 0.160 e. The molecule has 294 valence electrons. The van der Waals surface area contributed by atoms with Gasteiger partial charge in [0.2, 0.25) is 0 Å². The minimum absolute atomic E-state index is 0.699. The van der Waals surface area contributed by atoms with Gasteiger partial charge in [0.05, 0.1) is 33.6 Å². The van der Waals surface area contributed by atoms with E-state index in [1.807, 2.05) is 36.4 Å². The molecule has 0 fully saturated rings. The van der Waals surface area contributed by atoms with Gasteiger partial charge in [-0.05, 0) is 82.2 Å². The Bertz CT molecular complexity index is 3580. The minimum Gasteiger partial charge on any atom is -0.309 e. The van der Waals surface area contributed by atoms with Gasteiger partial charge in [-0.15, -0.1) is 0 Å². The summed E-state index contributed by atoms with van der Waals surface area (Å²) >= 11 is 0. The van der Waals surface area contributed by atoms with Gasteiger partial charge < -0.3 is 4.57 Å². The quantitative estimate of drug-likeness (QED) is 0.151. The van der Waals surface area contributed by atoms with E-state index in [1.165, 1.54) is 21.7 Å². The van der Waals surface area contributed by atoms with Crippen LogP contribution in [0.15, 0.2) is 231 Å². The number of nitrogens with zero attached hydrogens (tertiary/aromatic N) is 4. The molecule has 9 aromatic carbocycles. The molecule has 0 bridgehead atoms. The highest BCUT2D eigenvalue weighted by molar-refractivity contribution is 6.20. The van der Waals surface area contributed by atoms with E-state index in [1.54, 1.807) is 0 Å². The predicted octanol–water partition coefficient (Wildman–Crippen LogP) is 15.3. The van der Waals surface area contributed by atoms with Gasteiger partial charge >= 0.3 is 0 Å². The molecule has 4 nitrogen and oxygen atoms in total. The Morgan fingerprint density at radius 3 is 1.46 bits per heavy atom. The van der Waals surface area contributed by atoms with Crippen molar-refractivity contribution in [3.63, 3.8) is 0 Å². The van der Waals surface area contributed by atoms with Gasteiger partial charge in [0, 0.05) is 49.5 Å². The molecule has 3 heterocycles. The molecule has 0 unspecified atom stereocenters. The van der Waals surface area contributed by atoms with Crippen molar-refractivity contribution in [3.8, 4) is 73.1 Å². The Morgan fingerprint density at radius 2 is 0.794 bits per heavy atom. The molecule has 3 aromatic heterocycles. The lowest BCUT2D eigenvalue weighted by atomic mass is 9.96. The zero-order valence-electron chi connectivity index (χ0n) is 34.2. The highest BCUT2D eigenvalue weighted by Crippen LogP contribution is 2.41. The van der Waals surface area contributed by atoms with Crippen LogP contribution in [0.25, 0.3) is 117 Å². The second kappa shape index (κ2) is 15.2.